The number of hydrogen-bond acceptors (Lipinski definition) is 16. The van der Waals surface area contributed by atoms with Gasteiger partial charge in [0.15, 0.2) is 6.23 Å². The molecule has 11 N–H and O–H groups in total. The molecule has 0 aromatic carbocycles. The van der Waals surface area contributed by atoms with Crippen LogP contribution >= 0.6 is 15.6 Å². The van der Waals surface area contributed by atoms with Crippen LogP contribution in [0.1, 0.15) is 63.7 Å². The first-order valence-corrected chi connectivity index (χ1v) is 22.6. The van der Waals surface area contributed by atoms with E-state index in [2.05, 4.69) is 35.3 Å². The number of nitrogens with one attached hydrogen (secondary N) is 4. The Morgan fingerprint density at radius 2 is 1.47 bits per heavy atom. The van der Waals surface area contributed by atoms with Crippen molar-refractivity contribution >= 4 is 39.3 Å². The van der Waals surface area contributed by atoms with Crippen LogP contribution in [-0.2, 0) is 57.9 Å². The number of aliphatic hydroxyl groups excluding tert-OH is 1. The van der Waals surface area contributed by atoms with Crippen molar-refractivity contribution in [3.8, 4) is 0 Å². The van der Waals surface area contributed by atoms with Gasteiger partial charge in [-0.25, -0.2) is 18.7 Å². The van der Waals surface area contributed by atoms with Crippen molar-refractivity contribution in [3.63, 3.8) is 0 Å². The van der Waals surface area contributed by atoms with E-state index >= 15 is 0 Å². The first-order valence-electron chi connectivity index (χ1n) is 19.5. The van der Waals surface area contributed by atoms with Crippen molar-refractivity contribution < 1.29 is 80.9 Å². The minimum atomic E-state index is -5.24. The number of amides is 4. The number of carbonyl (C=O) groups is 3. The maximum absolute atomic E-state index is 12.6. The third-order valence-corrected chi connectivity index (χ3v) is 10.1. The number of aromatic nitrogens is 2. The number of phosphoric acid groups is 2. The Balaban J connectivity index is 1.16. The zero-order valence-electron chi connectivity index (χ0n) is 33.4. The van der Waals surface area contributed by atoms with Crippen molar-refractivity contribution in [2.75, 3.05) is 78.3 Å². The molecule has 2 saturated heterocycles. The number of urea groups is 1. The van der Waals surface area contributed by atoms with Gasteiger partial charge < -0.3 is 75.4 Å². The number of rotatable bonds is 31. The van der Waals surface area contributed by atoms with Crippen molar-refractivity contribution in [2.45, 2.75) is 94.9 Å². The molecule has 0 saturated carbocycles. The molecule has 0 unspecified atom stereocenters. The molecule has 3 heterocycles. The molecule has 2 aliphatic rings. The minimum Gasteiger partial charge on any atom is -0.386 e. The summed E-state index contributed by atoms with van der Waals surface area (Å²) in [6.45, 7) is 4.21. The van der Waals surface area contributed by atoms with Gasteiger partial charge in [-0.3, -0.25) is 23.2 Å². The number of anilines is 1. The zero-order valence-corrected chi connectivity index (χ0v) is 35.2. The fourth-order valence-corrected chi connectivity index (χ4v) is 7.02. The van der Waals surface area contributed by atoms with Gasteiger partial charge in [-0.1, -0.05) is 12.8 Å². The summed E-state index contributed by atoms with van der Waals surface area (Å²) in [6, 6.07) is 0.139. The van der Waals surface area contributed by atoms with Crippen LogP contribution in [0.2, 0.25) is 0 Å². The number of aliphatic hydroxyl groups is 1. The lowest BCUT2D eigenvalue weighted by atomic mass is 10.0. The van der Waals surface area contributed by atoms with Crippen LogP contribution in [0.3, 0.4) is 0 Å². The van der Waals surface area contributed by atoms with Gasteiger partial charge in [0.1, 0.15) is 24.1 Å². The smallest absolute Gasteiger partial charge is 0.386 e. The molecule has 0 spiro atoms. The molecule has 2 fully saturated rings. The van der Waals surface area contributed by atoms with Crippen LogP contribution in [0.25, 0.3) is 0 Å². The van der Waals surface area contributed by atoms with E-state index in [4.69, 9.17) is 39.2 Å². The van der Waals surface area contributed by atoms with Crippen LogP contribution in [0.5, 0.6) is 0 Å². The van der Waals surface area contributed by atoms with Crippen LogP contribution in [0.15, 0.2) is 11.0 Å². The Hall–Kier alpha value is -3.13. The average Bonchev–Trinajstić information content (AvgIpc) is 3.65. The van der Waals surface area contributed by atoms with Crippen LogP contribution in [0, 0.1) is 0 Å². The van der Waals surface area contributed by atoms with E-state index in [-0.39, 0.29) is 68.3 Å². The minimum absolute atomic E-state index is 0.0165. The third-order valence-electron chi connectivity index (χ3n) is 9.11. The molecule has 1 aromatic rings. The number of nitrogen functional groups attached to an aromatic ring is 1. The molecule has 4 amide bonds. The number of aryl methyl sites for hydroxylation is 1. The molecular formula is C33H59N7O18P2. The number of carbonyl (C=O) groups excluding carboxylic acids is 3. The highest BCUT2D eigenvalue weighted by Crippen LogP contribution is 2.45. The molecule has 0 radical (unpaired) electrons. The number of unbranched alkanes of at least 4 members (excludes halogenated alkanes) is 2. The third kappa shape index (κ3) is 20.2. The van der Waals surface area contributed by atoms with Crippen molar-refractivity contribution in [3.05, 3.63) is 22.2 Å². The molecule has 60 heavy (non-hydrogen) atoms. The summed E-state index contributed by atoms with van der Waals surface area (Å²) in [5, 5.41) is 22.0. The lowest BCUT2D eigenvalue weighted by Crippen LogP contribution is -2.38. The lowest BCUT2D eigenvalue weighted by Gasteiger charge is -2.21. The predicted octanol–water partition coefficient (Wildman–Crippen LogP) is -1.69. The van der Waals surface area contributed by atoms with Gasteiger partial charge in [-0.15, -0.1) is 0 Å². The van der Waals surface area contributed by atoms with E-state index in [1.54, 1.807) is 0 Å². The first-order chi connectivity index (χ1) is 28.4. The van der Waals surface area contributed by atoms with E-state index in [1.807, 2.05) is 6.92 Å². The van der Waals surface area contributed by atoms with Gasteiger partial charge in [0.05, 0.1) is 65.5 Å². The van der Waals surface area contributed by atoms with Gasteiger partial charge >= 0.3 is 27.4 Å². The zero-order chi connectivity index (χ0) is 44.1. The molecule has 3 rings (SSSR count). The second-order valence-corrected chi connectivity index (χ2v) is 16.3. The molecule has 0 bridgehead atoms. The molecular weight excluding hydrogens is 844 g/mol. The van der Waals surface area contributed by atoms with Crippen molar-refractivity contribution in [1.82, 2.24) is 30.8 Å². The summed E-state index contributed by atoms with van der Waals surface area (Å²) in [5.41, 5.74) is 5.20. The number of ether oxygens (including phenoxy) is 5. The van der Waals surface area contributed by atoms with E-state index in [0.29, 0.717) is 64.6 Å². The van der Waals surface area contributed by atoms with Gasteiger partial charge in [0.25, 0.3) is 0 Å². The van der Waals surface area contributed by atoms with Gasteiger partial charge in [0.2, 0.25) is 11.8 Å². The summed E-state index contributed by atoms with van der Waals surface area (Å²) in [6.07, 6.45) is -1.20. The Labute approximate surface area is 346 Å². The Kier molecular flexibility index (Phi) is 22.5. The molecule has 1 aromatic heterocycles. The highest BCUT2D eigenvalue weighted by atomic mass is 31.2. The second kappa shape index (κ2) is 26.4. The summed E-state index contributed by atoms with van der Waals surface area (Å²) in [7, 11) is -10.3. The Bertz CT molecular complexity index is 1650. The number of hydrogen-bond donors (Lipinski definition) is 10. The van der Waals surface area contributed by atoms with Crippen LogP contribution in [-0.4, -0.2) is 155 Å². The quantitative estimate of drug-likeness (QED) is 0.0294. The number of nitrogens with zero attached hydrogens (tertiary/aromatic N) is 2. The fourth-order valence-electron chi connectivity index (χ4n) is 6.10. The SMILES string of the molecule is C[C@@H]1NC(=O)N[C@@H]1CCCCCC(=O)NCCOCCOCCOCCOCCC(=O)NCCCc1cn([C@@H]2O[C@H](COP(=O)(O)O)[C@H](OP(=O)(O)O)[C@@H]2O)c(=O)nc1N. The number of nitrogens with two attached hydrogens (primary N) is 1. The molecule has 6 atom stereocenters. The molecule has 25 nitrogen and oxygen atoms in total. The summed E-state index contributed by atoms with van der Waals surface area (Å²) in [4.78, 5) is 88.4. The van der Waals surface area contributed by atoms with E-state index < -0.39 is 52.5 Å². The highest BCUT2D eigenvalue weighted by molar-refractivity contribution is 7.46. The van der Waals surface area contributed by atoms with Gasteiger partial charge in [-0.05, 0) is 32.6 Å². The first kappa shape index (κ1) is 51.2. The highest BCUT2D eigenvalue weighted by Gasteiger charge is 2.49. The topological polar surface area (TPSA) is 360 Å². The van der Waals surface area contributed by atoms with E-state index in [0.717, 1.165) is 30.3 Å². The van der Waals surface area contributed by atoms with E-state index in [1.165, 1.54) is 6.20 Å². The normalized spacial score (nSPS) is 21.8. The Morgan fingerprint density at radius 3 is 2.08 bits per heavy atom. The van der Waals surface area contributed by atoms with E-state index in [9.17, 15) is 43.2 Å². The second-order valence-electron chi connectivity index (χ2n) is 13.9. The molecule has 27 heteroatoms. The van der Waals surface area contributed by atoms with Crippen molar-refractivity contribution in [2.24, 2.45) is 0 Å². The molecule has 344 valence electrons. The lowest BCUT2D eigenvalue weighted by molar-refractivity contribution is -0.122. The van der Waals surface area contributed by atoms with Crippen LogP contribution in [0.4, 0.5) is 10.6 Å². The summed E-state index contributed by atoms with van der Waals surface area (Å²) < 4.78 is 59.6. The largest absolute Gasteiger partial charge is 0.470 e. The average molecular weight is 904 g/mol. The summed E-state index contributed by atoms with van der Waals surface area (Å²) in [5.74, 6) is -0.442. The monoisotopic (exact) mass is 903 g/mol. The maximum Gasteiger partial charge on any atom is 0.470 e. The van der Waals surface area contributed by atoms with Crippen molar-refractivity contribution in [1.29, 1.82) is 0 Å². The standard InChI is InChI=1S/C33H59N7O18P2/c1-22-24(38-32(44)37-22)7-3-2-4-8-26(41)36-11-13-53-15-17-55-19-18-54-16-14-52-12-9-27(42)35-10-5-6-23-20-40(33(45)39-30(23)34)31-28(43)29(58-60(49,50)51)25(57-31)21-56-59(46,47)48/h20,22,24-25,28-29,31,43H,2-19,21H2,1H3,(H,35,42)(H,36,41)(H2,34,39,45)(H2,37,38,44)(H2,46,47,48)(H2,49,50,51)/t22-,24+,25+,28-,29-,31+/m0/s1. The fraction of sp³-hybridized carbons (Fsp3) is 0.788. The Morgan fingerprint density at radius 1 is 0.850 bits per heavy atom. The summed E-state index contributed by atoms with van der Waals surface area (Å²) >= 11 is 0. The molecule has 0 aliphatic carbocycles. The maximum atomic E-state index is 12.6. The number of phosphoric ester groups is 2. The van der Waals surface area contributed by atoms with Crippen LogP contribution < -0.4 is 32.7 Å². The van der Waals surface area contributed by atoms with Gasteiger partial charge in [0, 0.05) is 43.7 Å². The van der Waals surface area contributed by atoms with Gasteiger partial charge in [-0.2, -0.15) is 4.98 Å². The predicted molar refractivity (Wildman–Crippen MR) is 208 cm³/mol. The molecule has 2 aliphatic heterocycles.